The van der Waals surface area contributed by atoms with E-state index in [-0.39, 0.29) is 29.2 Å². The summed E-state index contributed by atoms with van der Waals surface area (Å²) in [5.74, 6) is -0.460. The van der Waals surface area contributed by atoms with E-state index in [1.165, 1.54) is 23.1 Å². The van der Waals surface area contributed by atoms with Gasteiger partial charge in [0, 0.05) is 31.6 Å². The van der Waals surface area contributed by atoms with Crippen LogP contribution in [0.15, 0.2) is 35.2 Å². The molecule has 2 aliphatic heterocycles. The van der Waals surface area contributed by atoms with Crippen LogP contribution >= 0.6 is 0 Å². The number of pyridine rings is 1. The molecule has 1 saturated heterocycles. The van der Waals surface area contributed by atoms with E-state index in [1.54, 1.807) is 6.07 Å². The third-order valence-corrected chi connectivity index (χ3v) is 6.44. The zero-order chi connectivity index (χ0) is 22.4. The van der Waals surface area contributed by atoms with Crippen molar-refractivity contribution in [3.05, 3.63) is 52.8 Å². The summed E-state index contributed by atoms with van der Waals surface area (Å²) in [5, 5.41) is 0. The van der Waals surface area contributed by atoms with Gasteiger partial charge in [0.2, 0.25) is 0 Å². The number of aromatic nitrogens is 1. The maximum atomic E-state index is 13.4. The second kappa shape index (κ2) is 7.79. The lowest BCUT2D eigenvalue weighted by atomic mass is 10.1. The Kier molecular flexibility index (Phi) is 5.42. The van der Waals surface area contributed by atoms with E-state index in [0.717, 1.165) is 12.3 Å². The molecule has 31 heavy (non-hydrogen) atoms. The summed E-state index contributed by atoms with van der Waals surface area (Å²) in [6.07, 6.45) is -3.51. The number of amides is 1. The minimum Gasteiger partial charge on any atom is -0.378 e. The number of anilines is 1. The molecule has 2 aliphatic rings. The SMILES string of the molecule is CS(=O)(=O)c1ccc(N2CCOCC2)c(C(=O)N2Cc3ccc(C(F)(F)F)nc3C2)c1. The summed E-state index contributed by atoms with van der Waals surface area (Å²) >= 11 is 0. The molecule has 0 spiro atoms. The summed E-state index contributed by atoms with van der Waals surface area (Å²) in [4.78, 5) is 20.4. The highest BCUT2D eigenvalue weighted by Crippen LogP contribution is 2.33. The van der Waals surface area contributed by atoms with E-state index in [9.17, 15) is 26.4 Å². The molecule has 0 N–H and O–H groups in total. The van der Waals surface area contributed by atoms with Gasteiger partial charge in [0.25, 0.3) is 5.91 Å². The normalized spacial score (nSPS) is 17.0. The summed E-state index contributed by atoms with van der Waals surface area (Å²) < 4.78 is 68.4. The van der Waals surface area contributed by atoms with Gasteiger partial charge in [-0.2, -0.15) is 13.2 Å². The van der Waals surface area contributed by atoms with Crippen LogP contribution in [0.4, 0.5) is 18.9 Å². The van der Waals surface area contributed by atoms with Crippen LogP contribution in [0, 0.1) is 0 Å². The first-order valence-corrected chi connectivity index (χ1v) is 11.5. The molecule has 0 bridgehead atoms. The Balaban J connectivity index is 1.68. The number of ether oxygens (including phenoxy) is 1. The van der Waals surface area contributed by atoms with Crippen molar-refractivity contribution in [1.82, 2.24) is 9.88 Å². The van der Waals surface area contributed by atoms with Gasteiger partial charge < -0.3 is 14.5 Å². The molecule has 2 aromatic rings. The number of rotatable bonds is 3. The second-order valence-corrected chi connectivity index (χ2v) is 9.53. The largest absolute Gasteiger partial charge is 0.433 e. The molecule has 1 aromatic heterocycles. The molecule has 1 fully saturated rings. The van der Waals surface area contributed by atoms with Gasteiger partial charge in [-0.3, -0.25) is 4.79 Å². The number of carbonyl (C=O) groups is 1. The monoisotopic (exact) mass is 455 g/mol. The Morgan fingerprint density at radius 1 is 1.10 bits per heavy atom. The maximum Gasteiger partial charge on any atom is 0.433 e. The van der Waals surface area contributed by atoms with Crippen LogP contribution < -0.4 is 4.90 Å². The van der Waals surface area contributed by atoms with Crippen LogP contribution in [0.25, 0.3) is 0 Å². The van der Waals surface area contributed by atoms with Crippen molar-refractivity contribution >= 4 is 21.4 Å². The van der Waals surface area contributed by atoms with Gasteiger partial charge in [0.1, 0.15) is 5.69 Å². The van der Waals surface area contributed by atoms with Gasteiger partial charge in [-0.1, -0.05) is 6.07 Å². The molecule has 1 aromatic carbocycles. The number of hydrogen-bond donors (Lipinski definition) is 0. The van der Waals surface area contributed by atoms with E-state index in [0.29, 0.717) is 37.6 Å². The predicted molar refractivity (Wildman–Crippen MR) is 105 cm³/mol. The zero-order valence-electron chi connectivity index (χ0n) is 16.6. The summed E-state index contributed by atoms with van der Waals surface area (Å²) in [5.41, 5.74) is 0.479. The lowest BCUT2D eigenvalue weighted by molar-refractivity contribution is -0.141. The molecule has 0 radical (unpaired) electrons. The average Bonchev–Trinajstić information content (AvgIpc) is 3.15. The van der Waals surface area contributed by atoms with E-state index >= 15 is 0 Å². The Morgan fingerprint density at radius 3 is 2.45 bits per heavy atom. The van der Waals surface area contributed by atoms with Gasteiger partial charge in [-0.25, -0.2) is 13.4 Å². The molecule has 0 aliphatic carbocycles. The van der Waals surface area contributed by atoms with Crippen molar-refractivity contribution in [3.63, 3.8) is 0 Å². The van der Waals surface area contributed by atoms with Crippen molar-refractivity contribution in [1.29, 1.82) is 0 Å². The predicted octanol–water partition coefficient (Wildman–Crippen LogP) is 2.50. The quantitative estimate of drug-likeness (QED) is 0.708. The third-order valence-electron chi connectivity index (χ3n) is 5.33. The lowest BCUT2D eigenvalue weighted by Gasteiger charge is -2.31. The second-order valence-electron chi connectivity index (χ2n) is 7.51. The Bertz CT molecular complexity index is 1130. The molecular formula is C20H20F3N3O4S. The molecular weight excluding hydrogens is 435 g/mol. The van der Waals surface area contributed by atoms with Crippen molar-refractivity contribution < 1.29 is 31.1 Å². The molecule has 11 heteroatoms. The van der Waals surface area contributed by atoms with Crippen molar-refractivity contribution in [2.24, 2.45) is 0 Å². The lowest BCUT2D eigenvalue weighted by Crippen LogP contribution is -2.38. The standard InChI is InChI=1S/C20H20F3N3O4S/c1-31(28,29)14-3-4-17(25-6-8-30-9-7-25)15(10-14)19(27)26-11-13-2-5-18(20(21,22)23)24-16(13)12-26/h2-5,10H,6-9,11-12H2,1H3. The third kappa shape index (κ3) is 4.38. The summed E-state index contributed by atoms with van der Waals surface area (Å²) in [7, 11) is -3.56. The number of morpholine rings is 1. The van der Waals surface area contributed by atoms with E-state index in [2.05, 4.69) is 4.98 Å². The number of hydrogen-bond acceptors (Lipinski definition) is 6. The summed E-state index contributed by atoms with van der Waals surface area (Å²) in [6.45, 7) is 2.04. The smallest absolute Gasteiger partial charge is 0.378 e. The van der Waals surface area contributed by atoms with Gasteiger partial charge >= 0.3 is 6.18 Å². The average molecular weight is 455 g/mol. The first kappa shape index (κ1) is 21.6. The number of nitrogens with zero attached hydrogens (tertiary/aromatic N) is 3. The molecule has 7 nitrogen and oxygen atoms in total. The minimum absolute atomic E-state index is 0.00190. The van der Waals surface area contributed by atoms with E-state index < -0.39 is 27.6 Å². The van der Waals surface area contributed by atoms with Crippen LogP contribution in [0.5, 0.6) is 0 Å². The van der Waals surface area contributed by atoms with Crippen molar-refractivity contribution in [2.75, 3.05) is 37.5 Å². The number of benzene rings is 1. The van der Waals surface area contributed by atoms with Gasteiger partial charge in [0.05, 0.1) is 35.9 Å². The van der Waals surface area contributed by atoms with E-state index in [1.807, 2.05) is 4.90 Å². The number of halogens is 3. The topological polar surface area (TPSA) is 79.8 Å². The van der Waals surface area contributed by atoms with Gasteiger partial charge in [0.15, 0.2) is 9.84 Å². The molecule has 4 rings (SSSR count). The maximum absolute atomic E-state index is 13.4. The fraction of sp³-hybridized carbons (Fsp3) is 0.400. The van der Waals surface area contributed by atoms with Crippen LogP contribution in [-0.4, -0.2) is 56.8 Å². The van der Waals surface area contributed by atoms with Gasteiger partial charge in [-0.15, -0.1) is 0 Å². The fourth-order valence-corrected chi connectivity index (χ4v) is 4.37. The highest BCUT2D eigenvalue weighted by atomic mass is 32.2. The van der Waals surface area contributed by atoms with Crippen LogP contribution in [0.2, 0.25) is 0 Å². The fourth-order valence-electron chi connectivity index (χ4n) is 3.72. The molecule has 0 atom stereocenters. The van der Waals surface area contributed by atoms with Crippen LogP contribution in [0.1, 0.15) is 27.3 Å². The highest BCUT2D eigenvalue weighted by Gasteiger charge is 2.35. The molecule has 3 heterocycles. The Hall–Kier alpha value is -2.66. The van der Waals surface area contributed by atoms with Gasteiger partial charge in [-0.05, 0) is 29.8 Å². The Labute approximate surface area is 177 Å². The highest BCUT2D eigenvalue weighted by molar-refractivity contribution is 7.90. The Morgan fingerprint density at radius 2 is 1.81 bits per heavy atom. The number of carbonyl (C=O) groups excluding carboxylic acids is 1. The number of alkyl halides is 3. The summed E-state index contributed by atoms with van der Waals surface area (Å²) in [6, 6.07) is 6.61. The minimum atomic E-state index is -4.57. The first-order chi connectivity index (χ1) is 14.5. The molecule has 0 unspecified atom stereocenters. The number of fused-ring (bicyclic) bond motifs is 1. The molecule has 166 valence electrons. The van der Waals surface area contributed by atoms with Crippen molar-refractivity contribution in [3.8, 4) is 0 Å². The molecule has 0 saturated carbocycles. The number of sulfone groups is 1. The van der Waals surface area contributed by atoms with Crippen LogP contribution in [-0.2, 0) is 33.8 Å². The van der Waals surface area contributed by atoms with Crippen LogP contribution in [0.3, 0.4) is 0 Å². The molecule has 1 amide bonds. The van der Waals surface area contributed by atoms with Crippen molar-refractivity contribution in [2.45, 2.75) is 24.2 Å². The van der Waals surface area contributed by atoms with E-state index in [4.69, 9.17) is 4.74 Å². The first-order valence-electron chi connectivity index (χ1n) is 9.56. The zero-order valence-corrected chi connectivity index (χ0v) is 17.5.